The molecule has 1 heterocycles. The summed E-state index contributed by atoms with van der Waals surface area (Å²) in [6.45, 7) is 5.55. The molecule has 0 aromatic heterocycles. The average Bonchev–Trinajstić information content (AvgIpc) is 2.84. The first-order valence-electron chi connectivity index (χ1n) is 9.29. The molecule has 1 aliphatic heterocycles. The summed E-state index contributed by atoms with van der Waals surface area (Å²) in [5.41, 5.74) is 4.67. The molecule has 0 unspecified atom stereocenters. The predicted octanol–water partition coefficient (Wildman–Crippen LogP) is 3.19. The number of amides is 2. The molecule has 26 heavy (non-hydrogen) atoms. The number of nitrogens with one attached hydrogen (secondary N) is 1. The maximum absolute atomic E-state index is 12.5. The van der Waals surface area contributed by atoms with E-state index in [1.807, 2.05) is 24.0 Å². The Balaban J connectivity index is 1.86. The van der Waals surface area contributed by atoms with E-state index >= 15 is 0 Å². The number of nitrogens with zero attached hydrogens (tertiary/aromatic N) is 1. The fraction of sp³-hybridized carbons (Fsp3) is 0.364. The maximum Gasteiger partial charge on any atom is 0.225 e. The molecule has 1 fully saturated rings. The molecular formula is C22H26N2O2. The lowest BCUT2D eigenvalue weighted by atomic mass is 9.91. The lowest BCUT2D eigenvalue weighted by Gasteiger charge is -2.23. The molecule has 0 aliphatic carbocycles. The van der Waals surface area contributed by atoms with Gasteiger partial charge in [-0.2, -0.15) is 0 Å². The van der Waals surface area contributed by atoms with Crippen molar-refractivity contribution in [1.29, 1.82) is 0 Å². The maximum atomic E-state index is 12.5. The molecule has 2 aromatic rings. The minimum atomic E-state index is -0.223. The van der Waals surface area contributed by atoms with E-state index in [1.165, 1.54) is 5.56 Å². The highest BCUT2D eigenvalue weighted by Gasteiger charge is 2.27. The van der Waals surface area contributed by atoms with Crippen LogP contribution in [0.25, 0.3) is 11.1 Å². The van der Waals surface area contributed by atoms with Gasteiger partial charge < -0.3 is 10.2 Å². The van der Waals surface area contributed by atoms with E-state index in [0.29, 0.717) is 32.5 Å². The molecular weight excluding hydrogens is 324 g/mol. The van der Waals surface area contributed by atoms with Crippen LogP contribution in [0.3, 0.4) is 0 Å². The molecule has 0 spiro atoms. The number of carbonyl (C=O) groups is 2. The summed E-state index contributed by atoms with van der Waals surface area (Å²) in [6, 6.07) is 16.7. The van der Waals surface area contributed by atoms with Crippen molar-refractivity contribution in [2.75, 3.05) is 19.6 Å². The van der Waals surface area contributed by atoms with Crippen molar-refractivity contribution in [3.8, 4) is 11.1 Å². The van der Waals surface area contributed by atoms with Gasteiger partial charge in [-0.15, -0.1) is 0 Å². The molecule has 3 rings (SSSR count). The van der Waals surface area contributed by atoms with Crippen LogP contribution in [0.4, 0.5) is 0 Å². The SMILES string of the molecule is CCC(=O)N1CCNC(=O)[C@H](Cc2ccccc2-c2ccc(C)cc2)C1. The lowest BCUT2D eigenvalue weighted by Crippen LogP contribution is -2.36. The standard InChI is InChI=1S/C22H26N2O2/c1-3-21(25)24-13-12-23-22(26)19(15-24)14-18-6-4-5-7-20(18)17-10-8-16(2)9-11-17/h4-11,19H,3,12-15H2,1-2H3,(H,23,26)/t19-/m1/s1. The van der Waals surface area contributed by atoms with E-state index in [4.69, 9.17) is 0 Å². The summed E-state index contributed by atoms with van der Waals surface area (Å²) in [5.74, 6) is -0.0759. The zero-order valence-corrected chi connectivity index (χ0v) is 15.5. The minimum absolute atomic E-state index is 0.0371. The molecule has 4 nitrogen and oxygen atoms in total. The zero-order chi connectivity index (χ0) is 18.5. The summed E-state index contributed by atoms with van der Waals surface area (Å²) in [5, 5.41) is 2.96. The van der Waals surface area contributed by atoms with Crippen molar-refractivity contribution in [2.24, 2.45) is 5.92 Å². The summed E-state index contributed by atoms with van der Waals surface area (Å²) in [4.78, 5) is 26.5. The van der Waals surface area contributed by atoms with Gasteiger partial charge in [0, 0.05) is 26.1 Å². The van der Waals surface area contributed by atoms with Crippen molar-refractivity contribution < 1.29 is 9.59 Å². The first-order valence-corrected chi connectivity index (χ1v) is 9.29. The molecule has 2 aromatic carbocycles. The molecule has 0 saturated carbocycles. The highest BCUT2D eigenvalue weighted by atomic mass is 16.2. The Bertz CT molecular complexity index is 783. The highest BCUT2D eigenvalue weighted by Crippen LogP contribution is 2.26. The van der Waals surface area contributed by atoms with Gasteiger partial charge in [0.2, 0.25) is 11.8 Å². The van der Waals surface area contributed by atoms with E-state index in [9.17, 15) is 9.59 Å². The van der Waals surface area contributed by atoms with Gasteiger partial charge >= 0.3 is 0 Å². The Morgan fingerprint density at radius 2 is 1.88 bits per heavy atom. The Morgan fingerprint density at radius 3 is 2.62 bits per heavy atom. The van der Waals surface area contributed by atoms with E-state index in [-0.39, 0.29) is 17.7 Å². The number of rotatable bonds is 4. The van der Waals surface area contributed by atoms with Crippen LogP contribution in [-0.4, -0.2) is 36.3 Å². The zero-order valence-electron chi connectivity index (χ0n) is 15.5. The third-order valence-corrected chi connectivity index (χ3v) is 4.99. The van der Waals surface area contributed by atoms with E-state index in [1.54, 1.807) is 0 Å². The molecule has 1 saturated heterocycles. The number of benzene rings is 2. The molecule has 4 heteroatoms. The molecule has 136 valence electrons. The minimum Gasteiger partial charge on any atom is -0.354 e. The Hall–Kier alpha value is -2.62. The summed E-state index contributed by atoms with van der Waals surface area (Å²) in [6.07, 6.45) is 1.10. The summed E-state index contributed by atoms with van der Waals surface area (Å²) in [7, 11) is 0. The molecule has 1 N–H and O–H groups in total. The number of hydrogen-bond acceptors (Lipinski definition) is 2. The van der Waals surface area contributed by atoms with Gasteiger partial charge in [0.05, 0.1) is 5.92 Å². The average molecular weight is 350 g/mol. The monoisotopic (exact) mass is 350 g/mol. The molecule has 1 aliphatic rings. The summed E-state index contributed by atoms with van der Waals surface area (Å²) >= 11 is 0. The van der Waals surface area contributed by atoms with Crippen molar-refractivity contribution >= 4 is 11.8 Å². The molecule has 1 atom stereocenters. The third kappa shape index (κ3) is 4.13. The van der Waals surface area contributed by atoms with Crippen LogP contribution in [0.5, 0.6) is 0 Å². The third-order valence-electron chi connectivity index (χ3n) is 4.99. The van der Waals surface area contributed by atoms with E-state index in [2.05, 4.69) is 48.6 Å². The van der Waals surface area contributed by atoms with Crippen LogP contribution in [-0.2, 0) is 16.0 Å². The first-order chi connectivity index (χ1) is 12.6. The van der Waals surface area contributed by atoms with Crippen LogP contribution in [0.15, 0.2) is 48.5 Å². The van der Waals surface area contributed by atoms with E-state index < -0.39 is 0 Å². The van der Waals surface area contributed by atoms with Crippen LogP contribution in [0.1, 0.15) is 24.5 Å². The van der Waals surface area contributed by atoms with Gasteiger partial charge in [-0.3, -0.25) is 9.59 Å². The molecule has 0 bridgehead atoms. The van der Waals surface area contributed by atoms with Gasteiger partial charge in [0.15, 0.2) is 0 Å². The topological polar surface area (TPSA) is 49.4 Å². The molecule has 0 radical (unpaired) electrons. The van der Waals surface area contributed by atoms with Gasteiger partial charge in [-0.05, 0) is 30.0 Å². The van der Waals surface area contributed by atoms with Crippen LogP contribution >= 0.6 is 0 Å². The Labute approximate surface area is 155 Å². The van der Waals surface area contributed by atoms with Gasteiger partial charge in [0.25, 0.3) is 0 Å². The first kappa shape index (κ1) is 18.2. The van der Waals surface area contributed by atoms with Gasteiger partial charge in [-0.25, -0.2) is 0 Å². The second kappa shape index (κ2) is 8.17. The van der Waals surface area contributed by atoms with Crippen LogP contribution in [0.2, 0.25) is 0 Å². The molecule has 2 amide bonds. The second-order valence-corrected chi connectivity index (χ2v) is 6.91. The largest absolute Gasteiger partial charge is 0.354 e. The van der Waals surface area contributed by atoms with E-state index in [0.717, 1.165) is 16.7 Å². The summed E-state index contributed by atoms with van der Waals surface area (Å²) < 4.78 is 0. The Morgan fingerprint density at radius 1 is 1.15 bits per heavy atom. The number of hydrogen-bond donors (Lipinski definition) is 1. The quantitative estimate of drug-likeness (QED) is 0.921. The normalized spacial score (nSPS) is 17.5. The fourth-order valence-electron chi connectivity index (χ4n) is 3.48. The van der Waals surface area contributed by atoms with Gasteiger partial charge in [-0.1, -0.05) is 61.0 Å². The smallest absolute Gasteiger partial charge is 0.225 e. The fourth-order valence-corrected chi connectivity index (χ4v) is 3.48. The number of aryl methyl sites for hydroxylation is 1. The second-order valence-electron chi connectivity index (χ2n) is 6.91. The highest BCUT2D eigenvalue weighted by molar-refractivity contribution is 5.82. The van der Waals surface area contributed by atoms with Crippen molar-refractivity contribution in [1.82, 2.24) is 10.2 Å². The predicted molar refractivity (Wildman–Crippen MR) is 104 cm³/mol. The van der Waals surface area contributed by atoms with Gasteiger partial charge in [0.1, 0.15) is 0 Å². The van der Waals surface area contributed by atoms with Crippen LogP contribution < -0.4 is 5.32 Å². The van der Waals surface area contributed by atoms with Crippen LogP contribution in [0, 0.1) is 12.8 Å². The van der Waals surface area contributed by atoms with Crippen molar-refractivity contribution in [2.45, 2.75) is 26.7 Å². The van der Waals surface area contributed by atoms with Crippen molar-refractivity contribution in [3.63, 3.8) is 0 Å². The van der Waals surface area contributed by atoms with Crippen molar-refractivity contribution in [3.05, 3.63) is 59.7 Å². The lowest BCUT2D eigenvalue weighted by molar-refractivity contribution is -0.131. The Kier molecular flexibility index (Phi) is 5.71. The number of carbonyl (C=O) groups excluding carboxylic acids is 2.